The minimum Gasteiger partial charge on any atom is -0.444 e. The van der Waals surface area contributed by atoms with Crippen LogP contribution in [0, 0.1) is 0 Å². The molecule has 0 saturated carbocycles. The van der Waals surface area contributed by atoms with Gasteiger partial charge in [-0.3, -0.25) is 4.90 Å². The smallest absolute Gasteiger partial charge is 0.444 e. The molecule has 1 fully saturated rings. The zero-order chi connectivity index (χ0) is 19.5. The third-order valence-electron chi connectivity index (χ3n) is 4.54. The van der Waals surface area contributed by atoms with Gasteiger partial charge in [-0.05, 0) is 54.0 Å². The normalized spacial score (nSPS) is 25.1. The number of likely N-dealkylation sites (tertiary alicyclic amines) is 1. The van der Waals surface area contributed by atoms with Gasteiger partial charge < -0.3 is 10.1 Å². The Morgan fingerprint density at radius 1 is 1.35 bits per heavy atom. The van der Waals surface area contributed by atoms with Gasteiger partial charge in [0.2, 0.25) is 0 Å². The number of likely N-dealkylation sites (N-methyl/N-ethyl adjacent to an activating group) is 1. The highest BCUT2D eigenvalue weighted by atomic mass is 16.6. The predicted octanol–water partition coefficient (Wildman–Crippen LogP) is 1.43. The first kappa shape index (κ1) is 20.4. The summed E-state index contributed by atoms with van der Waals surface area (Å²) in [5.41, 5.74) is -0.546. The van der Waals surface area contributed by atoms with Crippen LogP contribution in [0.5, 0.6) is 0 Å². The van der Waals surface area contributed by atoms with E-state index in [0.29, 0.717) is 19.6 Å². The van der Waals surface area contributed by atoms with Crippen LogP contribution >= 0.6 is 0 Å². The number of hydrogen-bond donors (Lipinski definition) is 1. The van der Waals surface area contributed by atoms with Crippen LogP contribution in [0.25, 0.3) is 0 Å². The second kappa shape index (κ2) is 8.16. The molecule has 146 valence electrons. The lowest BCUT2D eigenvalue weighted by Crippen LogP contribution is -2.62. The molecule has 4 amide bonds. The number of carbonyl (C=O) groups excluding carboxylic acids is 3. The average Bonchev–Trinajstić information content (AvgIpc) is 2.54. The number of nitrogens with one attached hydrogen (secondary N) is 1. The van der Waals surface area contributed by atoms with Gasteiger partial charge >= 0.3 is 18.0 Å². The first-order chi connectivity index (χ1) is 12.2. The molecule has 2 rings (SSSR count). The monoisotopic (exact) mass is 367 g/mol. The van der Waals surface area contributed by atoms with Crippen LogP contribution in [0.1, 0.15) is 47.5 Å². The summed E-state index contributed by atoms with van der Waals surface area (Å²) in [4.78, 5) is 40.4. The summed E-state index contributed by atoms with van der Waals surface area (Å²) in [6, 6.07) is -0.824. The molecule has 0 aliphatic carbocycles. The van der Waals surface area contributed by atoms with Crippen LogP contribution in [-0.4, -0.2) is 82.5 Å². The van der Waals surface area contributed by atoms with Gasteiger partial charge in [0.05, 0.1) is 13.1 Å². The topological polar surface area (TPSA) is 82.0 Å². The Labute approximate surface area is 155 Å². The van der Waals surface area contributed by atoms with Gasteiger partial charge in [0.15, 0.2) is 6.04 Å². The highest BCUT2D eigenvalue weighted by Crippen LogP contribution is 2.17. The van der Waals surface area contributed by atoms with Gasteiger partial charge in [-0.2, -0.15) is 14.3 Å². The standard InChI is InChI=1S/C18H30N4O4/c1-6-20-12-14(15(23)22(7-2)17(20)25)21-10-8-9-13(11-21)19-16(24)26-18(3,4)5/h12-14H,6-11H2,1-5H3/p+1. The molecule has 1 N–H and O–H groups in total. The van der Waals surface area contributed by atoms with E-state index >= 15 is 0 Å². The van der Waals surface area contributed by atoms with E-state index in [-0.39, 0.29) is 18.0 Å². The molecule has 0 bridgehead atoms. The Morgan fingerprint density at radius 3 is 2.62 bits per heavy atom. The number of ether oxygens (including phenoxy) is 1. The Balaban J connectivity index is 2.08. The fourth-order valence-corrected chi connectivity index (χ4v) is 3.34. The van der Waals surface area contributed by atoms with Crippen LogP contribution in [0.4, 0.5) is 9.59 Å². The van der Waals surface area contributed by atoms with E-state index in [1.165, 1.54) is 4.90 Å². The largest absolute Gasteiger partial charge is 0.500 e. The second-order valence-electron chi connectivity index (χ2n) is 7.73. The number of imide groups is 1. The van der Waals surface area contributed by atoms with Gasteiger partial charge in [0, 0.05) is 12.6 Å². The molecule has 0 spiro atoms. The van der Waals surface area contributed by atoms with E-state index < -0.39 is 17.7 Å². The number of rotatable bonds is 4. The van der Waals surface area contributed by atoms with Gasteiger partial charge in [0.1, 0.15) is 11.8 Å². The fraction of sp³-hybridized carbons (Fsp3) is 0.778. The molecule has 26 heavy (non-hydrogen) atoms. The van der Waals surface area contributed by atoms with Crippen molar-refractivity contribution in [1.29, 1.82) is 0 Å². The van der Waals surface area contributed by atoms with Crippen LogP contribution in [0.2, 0.25) is 0 Å². The van der Waals surface area contributed by atoms with E-state index in [1.54, 1.807) is 17.7 Å². The first-order valence-electron chi connectivity index (χ1n) is 9.36. The first-order valence-corrected chi connectivity index (χ1v) is 9.36. The van der Waals surface area contributed by atoms with Crippen molar-refractivity contribution in [2.45, 2.75) is 65.1 Å². The summed E-state index contributed by atoms with van der Waals surface area (Å²) in [6.07, 6.45) is 2.98. The van der Waals surface area contributed by atoms with Crippen molar-refractivity contribution in [1.82, 2.24) is 15.1 Å². The Morgan fingerprint density at radius 2 is 2.04 bits per heavy atom. The zero-order valence-corrected chi connectivity index (χ0v) is 16.4. The molecule has 0 radical (unpaired) electrons. The number of nitrogens with zero attached hydrogens (tertiary/aromatic N) is 3. The number of urea groups is 1. The third kappa shape index (κ3) is 4.81. The molecule has 2 aliphatic rings. The lowest BCUT2D eigenvalue weighted by Gasteiger charge is -2.37. The minimum absolute atomic E-state index is 0.0809. The molecule has 8 heteroatoms. The molecule has 2 atom stereocenters. The quantitative estimate of drug-likeness (QED) is 0.760. The summed E-state index contributed by atoms with van der Waals surface area (Å²) >= 11 is 0. The molecule has 2 aliphatic heterocycles. The number of alkyl carbamates (subject to hydrolysis) is 1. The molecule has 8 nitrogen and oxygen atoms in total. The second-order valence-corrected chi connectivity index (χ2v) is 7.73. The highest BCUT2D eigenvalue weighted by molar-refractivity contribution is 6.06. The van der Waals surface area contributed by atoms with Crippen LogP contribution < -0.4 is 5.32 Å². The van der Waals surface area contributed by atoms with Gasteiger partial charge in [-0.15, -0.1) is 0 Å². The molecule has 2 unspecified atom stereocenters. The van der Waals surface area contributed by atoms with E-state index in [2.05, 4.69) is 5.32 Å². The fourth-order valence-electron chi connectivity index (χ4n) is 3.34. The molecule has 2 heterocycles. The van der Waals surface area contributed by atoms with Crippen molar-refractivity contribution in [3.63, 3.8) is 0 Å². The van der Waals surface area contributed by atoms with Gasteiger partial charge in [-0.25, -0.2) is 9.59 Å². The van der Waals surface area contributed by atoms with Crippen molar-refractivity contribution in [2.24, 2.45) is 0 Å². The van der Waals surface area contributed by atoms with Crippen LogP contribution in [-0.2, 0) is 9.53 Å². The summed E-state index contributed by atoms with van der Waals surface area (Å²) in [5, 5.41) is 2.90. The van der Waals surface area contributed by atoms with E-state index in [9.17, 15) is 14.4 Å². The third-order valence-corrected chi connectivity index (χ3v) is 4.54. The lowest BCUT2D eigenvalue weighted by molar-refractivity contribution is -0.431. The number of piperidine rings is 1. The Kier molecular flexibility index (Phi) is 6.39. The molecule has 0 aromatic carbocycles. The lowest BCUT2D eigenvalue weighted by atomic mass is 10.0. The SMILES string of the molecule is CCN1C(=O)C(N2CCCC(NC(=O)OC(C)(C)C)C2)C=[N+](CC)C1=O. The molecular weight excluding hydrogens is 336 g/mol. The number of amides is 4. The maximum absolute atomic E-state index is 12.7. The molecule has 1 saturated heterocycles. The van der Waals surface area contributed by atoms with Gasteiger partial charge in [-0.1, -0.05) is 0 Å². The molecule has 0 aromatic heterocycles. The predicted molar refractivity (Wildman–Crippen MR) is 97.4 cm³/mol. The maximum atomic E-state index is 12.7. The minimum atomic E-state index is -0.546. The summed E-state index contributed by atoms with van der Waals surface area (Å²) in [6.45, 7) is 11.3. The molecular formula is C18H31N4O4+. The van der Waals surface area contributed by atoms with Crippen molar-refractivity contribution < 1.29 is 23.7 Å². The van der Waals surface area contributed by atoms with Crippen molar-refractivity contribution >= 4 is 24.2 Å². The summed E-state index contributed by atoms with van der Waals surface area (Å²) in [5.74, 6) is -0.194. The number of hydrogen-bond acceptors (Lipinski definition) is 5. The summed E-state index contributed by atoms with van der Waals surface area (Å²) in [7, 11) is 0. The molecule has 0 aromatic rings. The van der Waals surface area contributed by atoms with Crippen molar-refractivity contribution in [2.75, 3.05) is 26.2 Å². The number of carbonyl (C=O) groups is 3. The van der Waals surface area contributed by atoms with Crippen molar-refractivity contribution in [3.8, 4) is 0 Å². The average molecular weight is 367 g/mol. The van der Waals surface area contributed by atoms with E-state index in [1.807, 2.05) is 32.6 Å². The Bertz CT molecular complexity index is 596. The maximum Gasteiger partial charge on any atom is 0.500 e. The zero-order valence-electron chi connectivity index (χ0n) is 16.4. The van der Waals surface area contributed by atoms with Crippen molar-refractivity contribution in [3.05, 3.63) is 0 Å². The summed E-state index contributed by atoms with van der Waals surface area (Å²) < 4.78 is 6.90. The Hall–Kier alpha value is -1.96. The highest BCUT2D eigenvalue weighted by Gasteiger charge is 2.45. The van der Waals surface area contributed by atoms with E-state index in [0.717, 1.165) is 19.4 Å². The van der Waals surface area contributed by atoms with Crippen LogP contribution in [0.15, 0.2) is 0 Å². The van der Waals surface area contributed by atoms with Crippen LogP contribution in [0.3, 0.4) is 0 Å². The van der Waals surface area contributed by atoms with Gasteiger partial charge in [0.25, 0.3) is 0 Å². The van der Waals surface area contributed by atoms with E-state index in [4.69, 9.17) is 4.74 Å².